The minimum absolute atomic E-state index is 0.155. The summed E-state index contributed by atoms with van der Waals surface area (Å²) < 4.78 is 0. The highest BCUT2D eigenvalue weighted by Crippen LogP contribution is 2.31. The molecule has 0 saturated carbocycles. The fourth-order valence-electron chi connectivity index (χ4n) is 3.18. The molecule has 124 valence electrons. The Morgan fingerprint density at radius 1 is 1.12 bits per heavy atom. The first-order valence-corrected chi connectivity index (χ1v) is 7.91. The highest BCUT2D eigenvalue weighted by Gasteiger charge is 2.38. The highest BCUT2D eigenvalue weighted by molar-refractivity contribution is 6.01. The Balaban J connectivity index is 1.95. The smallest absolute Gasteiger partial charge is 0.326 e. The summed E-state index contributed by atoms with van der Waals surface area (Å²) in [7, 11) is 0. The molecule has 0 saturated heterocycles. The fourth-order valence-corrected chi connectivity index (χ4v) is 3.18. The van der Waals surface area contributed by atoms with Gasteiger partial charge in [0.15, 0.2) is 0 Å². The Hall–Kier alpha value is -2.82. The zero-order valence-corrected chi connectivity index (χ0v) is 13.7. The van der Waals surface area contributed by atoms with E-state index >= 15 is 0 Å². The molecule has 1 aliphatic rings. The van der Waals surface area contributed by atoms with Gasteiger partial charge in [0.05, 0.1) is 0 Å². The average molecular weight is 324 g/mol. The number of aliphatic carboxylic acids is 1. The van der Waals surface area contributed by atoms with Crippen LogP contribution in [0.3, 0.4) is 0 Å². The Bertz CT molecular complexity index is 797. The number of amides is 1. The molecule has 1 aliphatic heterocycles. The summed E-state index contributed by atoms with van der Waals surface area (Å²) in [6.45, 7) is 3.97. The van der Waals surface area contributed by atoms with Crippen LogP contribution in [0.5, 0.6) is 0 Å². The molecule has 2 aromatic carbocycles. The molecule has 3 rings (SSSR count). The van der Waals surface area contributed by atoms with Gasteiger partial charge in [-0.1, -0.05) is 38.1 Å². The van der Waals surface area contributed by atoms with Crippen molar-refractivity contribution >= 4 is 17.6 Å². The first-order valence-electron chi connectivity index (χ1n) is 7.91. The van der Waals surface area contributed by atoms with Crippen LogP contribution in [0, 0.1) is 5.92 Å². The summed E-state index contributed by atoms with van der Waals surface area (Å²) in [6, 6.07) is 12.3. The predicted molar refractivity (Wildman–Crippen MR) is 92.4 cm³/mol. The van der Waals surface area contributed by atoms with Crippen molar-refractivity contribution < 1.29 is 14.7 Å². The molecule has 0 aromatic heterocycles. The lowest BCUT2D eigenvalue weighted by Gasteiger charge is -2.27. The molecule has 5 heteroatoms. The zero-order valence-electron chi connectivity index (χ0n) is 13.7. The quantitative estimate of drug-likeness (QED) is 0.847. The molecule has 0 spiro atoms. The second-order valence-corrected chi connectivity index (χ2v) is 6.45. The molecule has 2 aromatic rings. The number of fused-ring (bicyclic) bond motifs is 1. The molecule has 5 nitrogen and oxygen atoms in total. The molecule has 1 heterocycles. The van der Waals surface area contributed by atoms with Gasteiger partial charge in [-0.05, 0) is 40.8 Å². The van der Waals surface area contributed by atoms with Gasteiger partial charge in [0.2, 0.25) is 0 Å². The molecule has 0 fully saturated rings. The van der Waals surface area contributed by atoms with E-state index in [1.54, 1.807) is 0 Å². The number of carbonyl (C=O) groups excluding carboxylic acids is 1. The van der Waals surface area contributed by atoms with E-state index in [4.69, 9.17) is 5.73 Å². The van der Waals surface area contributed by atoms with Crippen LogP contribution in [-0.2, 0) is 11.3 Å². The van der Waals surface area contributed by atoms with Crippen LogP contribution in [0.1, 0.15) is 29.8 Å². The Morgan fingerprint density at radius 2 is 1.75 bits per heavy atom. The van der Waals surface area contributed by atoms with Crippen LogP contribution in [0.15, 0.2) is 42.5 Å². The Kier molecular flexibility index (Phi) is 4.01. The number of hydrogen-bond donors (Lipinski definition) is 2. The number of carboxylic acid groups (broad SMARTS) is 1. The van der Waals surface area contributed by atoms with Crippen molar-refractivity contribution in [1.29, 1.82) is 0 Å². The van der Waals surface area contributed by atoms with E-state index in [2.05, 4.69) is 0 Å². The van der Waals surface area contributed by atoms with E-state index in [-0.39, 0.29) is 11.8 Å². The summed E-state index contributed by atoms with van der Waals surface area (Å²) >= 11 is 0. The van der Waals surface area contributed by atoms with Crippen LogP contribution < -0.4 is 5.73 Å². The number of benzene rings is 2. The number of carboxylic acids is 1. The van der Waals surface area contributed by atoms with E-state index in [1.807, 2.05) is 56.3 Å². The van der Waals surface area contributed by atoms with Crippen molar-refractivity contribution in [3.63, 3.8) is 0 Å². The van der Waals surface area contributed by atoms with E-state index < -0.39 is 12.0 Å². The van der Waals surface area contributed by atoms with Crippen LogP contribution in [0.4, 0.5) is 5.69 Å². The highest BCUT2D eigenvalue weighted by atomic mass is 16.4. The van der Waals surface area contributed by atoms with Gasteiger partial charge in [0.25, 0.3) is 5.91 Å². The second-order valence-electron chi connectivity index (χ2n) is 6.45. The number of anilines is 1. The summed E-state index contributed by atoms with van der Waals surface area (Å²) in [5.41, 5.74) is 9.73. The van der Waals surface area contributed by atoms with Gasteiger partial charge in [-0.3, -0.25) is 4.79 Å². The minimum atomic E-state index is -0.968. The van der Waals surface area contributed by atoms with E-state index in [1.165, 1.54) is 4.90 Å². The molecule has 0 radical (unpaired) electrons. The second kappa shape index (κ2) is 6.00. The van der Waals surface area contributed by atoms with Gasteiger partial charge in [0, 0.05) is 17.8 Å². The number of rotatable bonds is 4. The number of carbonyl (C=O) groups is 2. The van der Waals surface area contributed by atoms with Gasteiger partial charge >= 0.3 is 5.97 Å². The van der Waals surface area contributed by atoms with E-state index in [9.17, 15) is 14.7 Å². The maximum atomic E-state index is 12.7. The molecule has 0 bridgehead atoms. The lowest BCUT2D eigenvalue weighted by Crippen LogP contribution is -2.44. The van der Waals surface area contributed by atoms with E-state index in [0.717, 1.165) is 16.7 Å². The third kappa shape index (κ3) is 2.73. The Morgan fingerprint density at radius 3 is 2.33 bits per heavy atom. The predicted octanol–water partition coefficient (Wildman–Crippen LogP) is 3.00. The molecular formula is C19H20N2O3. The number of hydrogen-bond acceptors (Lipinski definition) is 3. The van der Waals surface area contributed by atoms with Gasteiger partial charge < -0.3 is 15.7 Å². The van der Waals surface area contributed by atoms with Crippen molar-refractivity contribution in [2.24, 2.45) is 5.92 Å². The number of nitrogen functional groups attached to an aromatic ring is 1. The third-order valence-corrected chi connectivity index (χ3v) is 4.41. The molecule has 1 atom stereocenters. The van der Waals surface area contributed by atoms with Crippen molar-refractivity contribution in [1.82, 2.24) is 4.90 Å². The van der Waals surface area contributed by atoms with Crippen molar-refractivity contribution in [3.8, 4) is 11.1 Å². The molecule has 3 N–H and O–H groups in total. The largest absolute Gasteiger partial charge is 0.480 e. The summed E-state index contributed by atoms with van der Waals surface area (Å²) in [5.74, 6) is -1.34. The van der Waals surface area contributed by atoms with Gasteiger partial charge in [-0.2, -0.15) is 0 Å². The molecule has 0 aliphatic carbocycles. The maximum absolute atomic E-state index is 12.7. The van der Waals surface area contributed by atoms with Crippen molar-refractivity contribution in [2.75, 3.05) is 5.73 Å². The molecule has 24 heavy (non-hydrogen) atoms. The lowest BCUT2D eigenvalue weighted by molar-refractivity contribution is -0.144. The first kappa shape index (κ1) is 16.1. The van der Waals surface area contributed by atoms with Crippen molar-refractivity contribution in [3.05, 3.63) is 53.6 Å². The molecule has 1 amide bonds. The summed E-state index contributed by atoms with van der Waals surface area (Å²) in [4.78, 5) is 25.7. The van der Waals surface area contributed by atoms with Crippen LogP contribution >= 0.6 is 0 Å². The number of nitrogens with two attached hydrogens (primary N) is 1. The maximum Gasteiger partial charge on any atom is 0.326 e. The van der Waals surface area contributed by atoms with Gasteiger partial charge in [-0.25, -0.2) is 4.79 Å². The SMILES string of the molecule is CC(C)C(C(=O)O)N1Cc2ccc(-c3ccc(N)cc3)cc2C1=O. The summed E-state index contributed by atoms with van der Waals surface area (Å²) in [6.07, 6.45) is 0. The third-order valence-electron chi connectivity index (χ3n) is 4.41. The van der Waals surface area contributed by atoms with Gasteiger partial charge in [0.1, 0.15) is 6.04 Å². The van der Waals surface area contributed by atoms with Crippen LogP contribution in [0.2, 0.25) is 0 Å². The summed E-state index contributed by atoms with van der Waals surface area (Å²) in [5, 5.41) is 9.45. The monoisotopic (exact) mass is 324 g/mol. The van der Waals surface area contributed by atoms with Crippen LogP contribution in [-0.4, -0.2) is 27.9 Å². The topological polar surface area (TPSA) is 83.6 Å². The molecular weight excluding hydrogens is 304 g/mol. The van der Waals surface area contributed by atoms with Gasteiger partial charge in [-0.15, -0.1) is 0 Å². The lowest BCUT2D eigenvalue weighted by atomic mass is 10.0. The number of nitrogens with zero attached hydrogens (tertiary/aromatic N) is 1. The van der Waals surface area contributed by atoms with Crippen LogP contribution in [0.25, 0.3) is 11.1 Å². The normalized spacial score (nSPS) is 14.8. The first-order chi connectivity index (χ1) is 11.4. The van der Waals surface area contributed by atoms with Crippen molar-refractivity contribution in [2.45, 2.75) is 26.4 Å². The zero-order chi connectivity index (χ0) is 17.4. The van der Waals surface area contributed by atoms with E-state index in [0.29, 0.717) is 17.8 Å². The standard InChI is InChI=1S/C19H20N2O3/c1-11(2)17(19(23)24)21-10-14-4-3-13(9-16(14)18(21)22)12-5-7-15(20)8-6-12/h3-9,11,17H,10,20H2,1-2H3,(H,23,24). The average Bonchev–Trinajstić information content (AvgIpc) is 2.84. The minimum Gasteiger partial charge on any atom is -0.480 e. The fraction of sp³-hybridized carbons (Fsp3) is 0.263. The Labute approximate surface area is 140 Å². The molecule has 1 unspecified atom stereocenters.